The first-order chi connectivity index (χ1) is 37.7. The van der Waals surface area contributed by atoms with Crippen molar-refractivity contribution in [3.63, 3.8) is 0 Å². The lowest BCUT2D eigenvalue weighted by atomic mass is 10.0. The molecule has 2 aliphatic rings. The molecule has 2 aliphatic heterocycles. The number of amides is 11. The van der Waals surface area contributed by atoms with E-state index < -0.39 is 144 Å². The summed E-state index contributed by atoms with van der Waals surface area (Å²) >= 11 is 0. The molecular formula is C54H74N12O14. The molecule has 0 aliphatic carbocycles. The minimum absolute atomic E-state index is 0.0269. The monoisotopic (exact) mass is 1110 g/mol. The number of carbonyl (C=O) groups excluding carboxylic acids is 11. The second-order valence-electron chi connectivity index (χ2n) is 21.4. The predicted octanol–water partition coefficient (Wildman–Crippen LogP) is -1.67. The molecule has 0 saturated carbocycles. The second-order valence-corrected chi connectivity index (χ2v) is 21.4. The summed E-state index contributed by atoms with van der Waals surface area (Å²) in [5.41, 5.74) is 12.0. The van der Waals surface area contributed by atoms with Crippen LogP contribution < -0.4 is 54.0 Å². The lowest BCUT2D eigenvalue weighted by molar-refractivity contribution is -0.149. The number of fused-ring (bicyclic) bond motifs is 1. The number of likely N-dealkylation sites (tertiary alicyclic amines) is 1. The van der Waals surface area contributed by atoms with E-state index in [0.29, 0.717) is 16.5 Å². The minimum atomic E-state index is -1.69. The van der Waals surface area contributed by atoms with E-state index in [2.05, 4.69) is 47.5 Å². The molecule has 0 spiro atoms. The molecule has 434 valence electrons. The number of carboxylic acids is 1. The van der Waals surface area contributed by atoms with Crippen LogP contribution in [0.4, 0.5) is 0 Å². The molecule has 0 unspecified atom stereocenters. The van der Waals surface area contributed by atoms with Gasteiger partial charge in [-0.2, -0.15) is 0 Å². The van der Waals surface area contributed by atoms with Crippen molar-refractivity contribution < 1.29 is 67.4 Å². The predicted molar refractivity (Wildman–Crippen MR) is 288 cm³/mol. The summed E-state index contributed by atoms with van der Waals surface area (Å²) < 4.78 is 6.21. The van der Waals surface area contributed by atoms with Gasteiger partial charge in [0, 0.05) is 42.9 Å². The zero-order chi connectivity index (χ0) is 59.0. The van der Waals surface area contributed by atoms with E-state index in [0.717, 1.165) is 5.52 Å². The van der Waals surface area contributed by atoms with Gasteiger partial charge in [0.25, 0.3) is 0 Å². The summed E-state index contributed by atoms with van der Waals surface area (Å²) in [6.07, 6.45) is -0.578. The quantitative estimate of drug-likeness (QED) is 0.0387. The zero-order valence-electron chi connectivity index (χ0n) is 45.7. The molecule has 1 aromatic heterocycles. The molecule has 14 N–H and O–H groups in total. The molecule has 3 aromatic rings. The fourth-order valence-corrected chi connectivity index (χ4v) is 9.51. The van der Waals surface area contributed by atoms with Crippen molar-refractivity contribution in [2.75, 3.05) is 13.1 Å². The summed E-state index contributed by atoms with van der Waals surface area (Å²) in [4.78, 5) is 165. The van der Waals surface area contributed by atoms with Gasteiger partial charge in [0.05, 0.1) is 24.5 Å². The van der Waals surface area contributed by atoms with Gasteiger partial charge in [-0.3, -0.25) is 57.5 Å². The van der Waals surface area contributed by atoms with Gasteiger partial charge in [-0.25, -0.2) is 0 Å². The van der Waals surface area contributed by atoms with Crippen LogP contribution in [0.2, 0.25) is 0 Å². The van der Waals surface area contributed by atoms with Crippen LogP contribution in [0.3, 0.4) is 0 Å². The number of nitrogens with one attached hydrogen (secondary N) is 9. The molecule has 11 amide bonds. The minimum Gasteiger partial charge on any atom is -0.480 e. The van der Waals surface area contributed by atoms with Crippen molar-refractivity contribution in [2.45, 2.75) is 159 Å². The van der Waals surface area contributed by atoms with Crippen molar-refractivity contribution in [2.24, 2.45) is 17.4 Å². The molecular weight excluding hydrogens is 1040 g/mol. The first-order valence-electron chi connectivity index (χ1n) is 26.4. The van der Waals surface area contributed by atoms with Gasteiger partial charge in [-0.05, 0) is 76.5 Å². The van der Waals surface area contributed by atoms with Gasteiger partial charge in [0.15, 0.2) is 0 Å². The van der Waals surface area contributed by atoms with E-state index in [-0.39, 0.29) is 63.3 Å². The van der Waals surface area contributed by atoms with Crippen LogP contribution in [0, 0.1) is 5.92 Å². The molecule has 26 nitrogen and oxygen atoms in total. The van der Waals surface area contributed by atoms with Crippen molar-refractivity contribution >= 4 is 81.9 Å². The molecule has 2 aromatic carbocycles. The zero-order valence-corrected chi connectivity index (χ0v) is 45.7. The van der Waals surface area contributed by atoms with Gasteiger partial charge < -0.3 is 73.7 Å². The van der Waals surface area contributed by atoms with Gasteiger partial charge in [-0.1, -0.05) is 62.4 Å². The summed E-state index contributed by atoms with van der Waals surface area (Å²) in [6, 6.07) is 4.31. The highest BCUT2D eigenvalue weighted by atomic mass is 16.5. The van der Waals surface area contributed by atoms with E-state index in [1.54, 1.807) is 95.4 Å². The smallest absolute Gasteiger partial charge is 0.322 e. The number of ether oxygens (including phenoxy) is 1. The Bertz CT molecular complexity index is 2780. The second kappa shape index (κ2) is 28.5. The fourth-order valence-electron chi connectivity index (χ4n) is 9.51. The maximum atomic E-state index is 14.9. The Morgan fingerprint density at radius 2 is 1.26 bits per heavy atom. The average molecular weight is 1120 g/mol. The molecule has 2 fully saturated rings. The molecule has 80 heavy (non-hydrogen) atoms. The van der Waals surface area contributed by atoms with Gasteiger partial charge in [0.1, 0.15) is 54.9 Å². The maximum Gasteiger partial charge on any atom is 0.322 e. The van der Waals surface area contributed by atoms with Crippen molar-refractivity contribution in [3.05, 3.63) is 71.9 Å². The Balaban J connectivity index is 1.39. The Labute approximate surface area is 462 Å². The third-order valence-electron chi connectivity index (χ3n) is 13.2. The number of benzene rings is 2. The van der Waals surface area contributed by atoms with Crippen molar-refractivity contribution in [1.82, 2.24) is 52.4 Å². The van der Waals surface area contributed by atoms with Gasteiger partial charge in [-0.15, -0.1) is 0 Å². The van der Waals surface area contributed by atoms with Crippen LogP contribution in [0.25, 0.3) is 10.9 Å². The molecule has 3 heterocycles. The van der Waals surface area contributed by atoms with Crippen LogP contribution in [0.5, 0.6) is 0 Å². The van der Waals surface area contributed by atoms with E-state index in [1.165, 1.54) is 11.8 Å². The van der Waals surface area contributed by atoms with E-state index in [9.17, 15) is 62.6 Å². The Morgan fingerprint density at radius 1 is 0.700 bits per heavy atom. The third kappa shape index (κ3) is 18.6. The number of carbonyl (C=O) groups is 12. The lowest BCUT2D eigenvalue weighted by Gasteiger charge is -2.35. The van der Waals surface area contributed by atoms with Crippen LogP contribution in [-0.2, 0) is 75.1 Å². The molecule has 0 radical (unpaired) electrons. The van der Waals surface area contributed by atoms with Crippen molar-refractivity contribution in [3.8, 4) is 0 Å². The van der Waals surface area contributed by atoms with Crippen LogP contribution in [0.15, 0.2) is 60.8 Å². The Hall–Kier alpha value is -8.42. The number of aliphatic carboxylic acids is 1. The third-order valence-corrected chi connectivity index (χ3v) is 13.2. The highest BCUT2D eigenvalue weighted by Crippen LogP contribution is 2.24. The Morgan fingerprint density at radius 3 is 1.85 bits per heavy atom. The molecule has 2 saturated heterocycles. The van der Waals surface area contributed by atoms with Crippen LogP contribution in [0.1, 0.15) is 97.6 Å². The highest BCUT2D eigenvalue weighted by Gasteiger charge is 2.43. The highest BCUT2D eigenvalue weighted by molar-refractivity contribution is 6.00. The standard InChI is InChI=1S/C54H74N12O14/c1-28(2)21-35(60-47(73)34-18-19-43(69)59-34)48(74)63-38(24-41(55)67)49(75)61-36(22-30-13-8-7-9-14-30)51(77)65-45(29(3)80-54(4,5)6)53(79)66-20-12-17-40(66)52(78)64-39(25-42(56)68)50(76)62-37(46(72)58-27-44(70)71)23-31-26-57-33-16-11-10-15-32(31)33/h7-11,13-16,26,28-29,34-40,45,57H,12,17-25,27H2,1-6H3,(H2,55,67)(H2,56,68)(H,58,72)(H,59,69)(H,60,73)(H,61,75)(H,62,76)(H,63,74)(H,64,78)(H,65,77)(H,70,71)/t29-,34+,35+,36+,37+,38+,39+,40+,45+/m1/s1. The number of hydrogen-bond acceptors (Lipinski definition) is 13. The fraction of sp³-hybridized carbons (Fsp3) is 0.519. The number of carboxylic acid groups (broad SMARTS) is 1. The van der Waals surface area contributed by atoms with Crippen LogP contribution in [-0.4, -0.2) is 159 Å². The van der Waals surface area contributed by atoms with Gasteiger partial charge >= 0.3 is 5.97 Å². The normalized spacial score (nSPS) is 17.8. The molecule has 5 rings (SSSR count). The van der Waals surface area contributed by atoms with Crippen molar-refractivity contribution in [1.29, 1.82) is 0 Å². The average Bonchev–Trinajstić information content (AvgIpc) is 4.16. The molecule has 26 heteroatoms. The number of aromatic nitrogens is 1. The number of nitrogens with zero attached hydrogens (tertiary/aromatic N) is 1. The summed E-state index contributed by atoms with van der Waals surface area (Å²) in [7, 11) is 0. The van der Waals surface area contributed by atoms with E-state index in [4.69, 9.17) is 16.2 Å². The first kappa shape index (κ1) is 62.4. The number of para-hydroxylation sites is 1. The van der Waals surface area contributed by atoms with E-state index >= 15 is 0 Å². The lowest BCUT2D eigenvalue weighted by Crippen LogP contribution is -2.63. The number of hydrogen-bond donors (Lipinski definition) is 12. The number of primary amides is 2. The number of H-pyrrole nitrogens is 1. The maximum absolute atomic E-state index is 14.9. The van der Waals surface area contributed by atoms with E-state index in [1.807, 2.05) is 0 Å². The largest absolute Gasteiger partial charge is 0.480 e. The SMILES string of the molecule is CC(C)C[C@H](NC(=O)[C@@H]1CCC(=O)N1)C(=O)N[C@@H](CC(N)=O)C(=O)N[C@@H](Cc1ccccc1)C(=O)N[C@H](C(=O)N1CCC[C@H]1C(=O)N[C@@H](CC(N)=O)C(=O)N[C@@H](Cc1c[nH]c2ccccc12)C(=O)NCC(=O)O)[C@@H](C)OC(C)(C)C. The summed E-state index contributed by atoms with van der Waals surface area (Å²) in [6.45, 7) is 9.42. The number of nitrogens with two attached hydrogens (primary N) is 2. The number of rotatable bonds is 28. The Kier molecular flexibility index (Phi) is 22.2. The molecule has 9 atom stereocenters. The summed E-state index contributed by atoms with van der Waals surface area (Å²) in [5.74, 6) is -10.9. The first-order valence-corrected chi connectivity index (χ1v) is 26.4. The molecule has 0 bridgehead atoms. The van der Waals surface area contributed by atoms with Crippen LogP contribution >= 0.6 is 0 Å². The van der Waals surface area contributed by atoms with Gasteiger partial charge in [0.2, 0.25) is 65.0 Å². The summed E-state index contributed by atoms with van der Waals surface area (Å²) in [5, 5.41) is 30.2. The topological polar surface area (TPSA) is 402 Å². The number of aromatic amines is 1.